The number of nitrogens with one attached hydrogen (secondary N) is 1. The molecule has 0 atom stereocenters. The van der Waals surface area contributed by atoms with E-state index in [9.17, 15) is 4.79 Å². The molecule has 0 amide bonds. The molecule has 5 heteroatoms. The molecule has 0 saturated carbocycles. The molecule has 2 rings (SSSR count). The second-order valence-electron chi connectivity index (χ2n) is 2.14. The average molecular weight is 225 g/mol. The third kappa shape index (κ3) is 4.12. The van der Waals surface area contributed by atoms with Gasteiger partial charge in [-0.15, -0.1) is 0 Å². The van der Waals surface area contributed by atoms with Gasteiger partial charge in [-0.2, -0.15) is 12.6 Å². The molecule has 0 aromatic carbocycles. The summed E-state index contributed by atoms with van der Waals surface area (Å²) in [5.41, 5.74) is 1.23. The molecule has 15 heavy (non-hydrogen) atoms. The summed E-state index contributed by atoms with van der Waals surface area (Å²) >= 11 is 3.53. The molecule has 4 nitrogen and oxygen atoms in total. The van der Waals surface area contributed by atoms with Crippen molar-refractivity contribution in [3.8, 4) is 0 Å². The minimum Gasteiger partial charge on any atom is -0.319 e. The van der Waals surface area contributed by atoms with E-state index >= 15 is 0 Å². The lowest BCUT2D eigenvalue weighted by molar-refractivity contribution is 1.19. The maximum Gasteiger partial charge on any atom is 0.266 e. The minimum atomic E-state index is -0.191. The number of thiol groups is 1. The van der Waals surface area contributed by atoms with Crippen LogP contribution in [0.1, 0.15) is 13.8 Å². The molecular weight excluding hydrogens is 210 g/mol. The fourth-order valence-electron chi connectivity index (χ4n) is 0.888. The number of hydrogen-bond donors (Lipinski definition) is 2. The Bertz CT molecular complexity index is 442. The molecule has 2 aromatic heterocycles. The maximum absolute atomic E-state index is 10.7. The van der Waals surface area contributed by atoms with Crippen molar-refractivity contribution < 1.29 is 0 Å². The number of hydrogen-bond acceptors (Lipinski definition) is 4. The zero-order valence-electron chi connectivity index (χ0n) is 9.06. The van der Waals surface area contributed by atoms with Crippen molar-refractivity contribution in [1.82, 2.24) is 15.0 Å². The summed E-state index contributed by atoms with van der Waals surface area (Å²) in [7, 11) is 0. The molecule has 0 aliphatic rings. The van der Waals surface area contributed by atoms with Crippen molar-refractivity contribution in [3.05, 3.63) is 35.0 Å². The lowest BCUT2D eigenvalue weighted by Gasteiger charge is -1.91. The van der Waals surface area contributed by atoms with Gasteiger partial charge in [-0.3, -0.25) is 9.78 Å². The molecule has 2 aromatic rings. The standard InChI is InChI=1S/C7H5N3O.C2H6.CH4S/c11-7-4-9-6-3-8-2-1-5(6)10-7;2*1-2/h1-4H,(H,10,11);1-2H3;2H,1H3. The largest absolute Gasteiger partial charge is 0.319 e. The van der Waals surface area contributed by atoms with Gasteiger partial charge in [-0.25, -0.2) is 4.98 Å². The van der Waals surface area contributed by atoms with E-state index < -0.39 is 0 Å². The van der Waals surface area contributed by atoms with Gasteiger partial charge in [0.2, 0.25) is 0 Å². The topological polar surface area (TPSA) is 58.6 Å². The third-order valence-corrected chi connectivity index (χ3v) is 1.38. The highest BCUT2D eigenvalue weighted by molar-refractivity contribution is 7.79. The van der Waals surface area contributed by atoms with E-state index in [0.717, 1.165) is 0 Å². The quantitative estimate of drug-likeness (QED) is 0.673. The number of aromatic amines is 1. The zero-order chi connectivity index (χ0) is 11.7. The van der Waals surface area contributed by atoms with Crippen molar-refractivity contribution in [2.45, 2.75) is 13.8 Å². The van der Waals surface area contributed by atoms with Crippen molar-refractivity contribution in [3.63, 3.8) is 0 Å². The van der Waals surface area contributed by atoms with Crippen LogP contribution in [-0.4, -0.2) is 21.2 Å². The van der Waals surface area contributed by atoms with Gasteiger partial charge in [-0.05, 0) is 12.3 Å². The smallest absolute Gasteiger partial charge is 0.266 e. The fraction of sp³-hybridized carbons (Fsp3) is 0.300. The third-order valence-electron chi connectivity index (χ3n) is 1.38. The zero-order valence-corrected chi connectivity index (χ0v) is 9.95. The summed E-state index contributed by atoms with van der Waals surface area (Å²) in [5.74, 6) is 0. The summed E-state index contributed by atoms with van der Waals surface area (Å²) in [4.78, 5) is 21.1. The predicted octanol–water partition coefficient (Wildman–Crippen LogP) is 1.89. The van der Waals surface area contributed by atoms with Gasteiger partial charge in [0.1, 0.15) is 5.52 Å². The fourth-order valence-corrected chi connectivity index (χ4v) is 0.888. The van der Waals surface area contributed by atoms with Gasteiger partial charge >= 0.3 is 0 Å². The lowest BCUT2D eigenvalue weighted by atomic mass is 10.4. The highest BCUT2D eigenvalue weighted by Gasteiger charge is 1.91. The summed E-state index contributed by atoms with van der Waals surface area (Å²) < 4.78 is 0. The molecule has 0 aliphatic heterocycles. The molecule has 1 N–H and O–H groups in total. The normalized spacial score (nSPS) is 8.27. The van der Waals surface area contributed by atoms with Gasteiger partial charge in [-0.1, -0.05) is 13.8 Å². The minimum absolute atomic E-state index is 0.191. The molecule has 0 saturated heterocycles. The van der Waals surface area contributed by atoms with Crippen LogP contribution in [0, 0.1) is 0 Å². The Balaban J connectivity index is 0.000000442. The summed E-state index contributed by atoms with van der Waals surface area (Å²) in [6, 6.07) is 1.71. The van der Waals surface area contributed by atoms with Gasteiger partial charge in [0.05, 0.1) is 17.9 Å². The molecule has 0 spiro atoms. The first kappa shape index (κ1) is 13.6. The van der Waals surface area contributed by atoms with Crippen molar-refractivity contribution >= 4 is 23.7 Å². The number of rotatable bonds is 0. The van der Waals surface area contributed by atoms with Crippen LogP contribution in [0.15, 0.2) is 29.5 Å². The van der Waals surface area contributed by atoms with Crippen LogP contribution in [0.2, 0.25) is 0 Å². The SMILES string of the molecule is CC.CS.O=c1cnc2cnccc2[nH]1. The second-order valence-corrected chi connectivity index (χ2v) is 2.14. The van der Waals surface area contributed by atoms with Crippen LogP contribution in [0.5, 0.6) is 0 Å². The Labute approximate surface area is 94.2 Å². The summed E-state index contributed by atoms with van der Waals surface area (Å²) in [6.45, 7) is 4.00. The summed E-state index contributed by atoms with van der Waals surface area (Å²) in [6.07, 6.45) is 6.15. The molecule has 0 fully saturated rings. The molecule has 0 unspecified atom stereocenters. The maximum atomic E-state index is 10.7. The molecule has 82 valence electrons. The summed E-state index contributed by atoms with van der Waals surface area (Å²) in [5, 5.41) is 0. The van der Waals surface area contributed by atoms with Gasteiger partial charge in [0.25, 0.3) is 5.56 Å². The van der Waals surface area contributed by atoms with Crippen LogP contribution in [0.4, 0.5) is 0 Å². The van der Waals surface area contributed by atoms with Gasteiger partial charge < -0.3 is 4.98 Å². The van der Waals surface area contributed by atoms with E-state index in [1.165, 1.54) is 6.20 Å². The first-order valence-electron chi connectivity index (χ1n) is 4.60. The number of pyridine rings is 1. The van der Waals surface area contributed by atoms with E-state index in [1.807, 2.05) is 13.8 Å². The molecule has 2 heterocycles. The number of nitrogens with zero attached hydrogens (tertiary/aromatic N) is 2. The lowest BCUT2D eigenvalue weighted by Crippen LogP contribution is -2.04. The van der Waals surface area contributed by atoms with Crippen LogP contribution in [-0.2, 0) is 0 Å². The van der Waals surface area contributed by atoms with E-state index in [0.29, 0.717) is 11.0 Å². The van der Waals surface area contributed by atoms with Crippen LogP contribution < -0.4 is 5.56 Å². The monoisotopic (exact) mass is 225 g/mol. The average Bonchev–Trinajstić information content (AvgIpc) is 2.34. The van der Waals surface area contributed by atoms with Gasteiger partial charge in [0, 0.05) is 6.20 Å². The van der Waals surface area contributed by atoms with Crippen molar-refractivity contribution in [2.24, 2.45) is 0 Å². The van der Waals surface area contributed by atoms with Crippen molar-refractivity contribution in [1.29, 1.82) is 0 Å². The van der Waals surface area contributed by atoms with Crippen molar-refractivity contribution in [2.75, 3.05) is 6.26 Å². The first-order chi connectivity index (χ1) is 7.36. The molecule has 0 aliphatic carbocycles. The second kappa shape index (κ2) is 7.99. The van der Waals surface area contributed by atoms with Gasteiger partial charge in [0.15, 0.2) is 0 Å². The number of fused-ring (bicyclic) bond motifs is 1. The number of H-pyrrole nitrogens is 1. The Morgan fingerprint density at radius 1 is 1.27 bits per heavy atom. The van der Waals surface area contributed by atoms with Crippen LogP contribution in [0.25, 0.3) is 11.0 Å². The molecular formula is C10H15N3OS. The Kier molecular flexibility index (Phi) is 7.27. The van der Waals surface area contributed by atoms with E-state index in [-0.39, 0.29) is 5.56 Å². The highest BCUT2D eigenvalue weighted by Crippen LogP contribution is 2.00. The Morgan fingerprint density at radius 2 is 1.93 bits per heavy atom. The predicted molar refractivity (Wildman–Crippen MR) is 66.4 cm³/mol. The van der Waals surface area contributed by atoms with E-state index in [1.54, 1.807) is 24.7 Å². The molecule has 0 bridgehead atoms. The number of aromatic nitrogens is 3. The highest BCUT2D eigenvalue weighted by atomic mass is 32.1. The van der Waals surface area contributed by atoms with E-state index in [2.05, 4.69) is 27.6 Å². The first-order valence-corrected chi connectivity index (χ1v) is 5.49. The van der Waals surface area contributed by atoms with E-state index in [4.69, 9.17) is 0 Å². The Morgan fingerprint density at radius 3 is 2.60 bits per heavy atom. The molecule has 0 radical (unpaired) electrons. The van der Waals surface area contributed by atoms with Crippen LogP contribution >= 0.6 is 12.6 Å². The van der Waals surface area contributed by atoms with Crippen LogP contribution in [0.3, 0.4) is 0 Å². The Hall–Kier alpha value is -1.36.